The molecule has 0 radical (unpaired) electrons. The predicted octanol–water partition coefficient (Wildman–Crippen LogP) is -2.18. The Kier molecular flexibility index (Phi) is 1.62. The molecule has 0 aromatic carbocycles. The van der Waals surface area contributed by atoms with Crippen molar-refractivity contribution in [1.29, 1.82) is 0 Å². The van der Waals surface area contributed by atoms with Crippen LogP contribution in [0.4, 0.5) is 0 Å². The summed E-state index contributed by atoms with van der Waals surface area (Å²) in [6.07, 6.45) is -4.35. The van der Waals surface area contributed by atoms with Crippen LogP contribution >= 0.6 is 0 Å². The average molecular weight is 162 g/mol. The zero-order valence-electron chi connectivity index (χ0n) is 5.75. The second-order valence-electron chi connectivity index (χ2n) is 2.84. The molecule has 2 rings (SSSR count). The van der Waals surface area contributed by atoms with E-state index in [1.165, 1.54) is 0 Å². The van der Waals surface area contributed by atoms with Crippen molar-refractivity contribution >= 4 is 0 Å². The van der Waals surface area contributed by atoms with Crippen LogP contribution in [0.5, 0.6) is 0 Å². The Morgan fingerprint density at radius 1 is 1.09 bits per heavy atom. The number of rotatable bonds is 0. The van der Waals surface area contributed by atoms with Gasteiger partial charge in [-0.1, -0.05) is 0 Å². The molecule has 0 aliphatic carbocycles. The van der Waals surface area contributed by atoms with Crippen LogP contribution in [0.2, 0.25) is 0 Å². The topological polar surface area (TPSA) is 79.2 Å². The molecule has 5 heteroatoms. The first-order valence-electron chi connectivity index (χ1n) is 3.51. The highest BCUT2D eigenvalue weighted by molar-refractivity contribution is 4.94. The summed E-state index contributed by atoms with van der Waals surface area (Å²) in [6, 6.07) is 0. The van der Waals surface area contributed by atoms with Crippen LogP contribution in [0, 0.1) is 0 Å². The highest BCUT2D eigenvalue weighted by Gasteiger charge is 2.49. The van der Waals surface area contributed by atoms with Crippen molar-refractivity contribution < 1.29 is 24.8 Å². The van der Waals surface area contributed by atoms with Crippen molar-refractivity contribution in [3.63, 3.8) is 0 Å². The van der Waals surface area contributed by atoms with E-state index < -0.39 is 30.7 Å². The summed E-state index contributed by atoms with van der Waals surface area (Å²) < 4.78 is 9.82. The average Bonchev–Trinajstić information content (AvgIpc) is 2.23. The van der Waals surface area contributed by atoms with Crippen molar-refractivity contribution in [3.05, 3.63) is 0 Å². The number of aliphatic hydroxyl groups excluding tert-OH is 3. The third-order valence-electron chi connectivity index (χ3n) is 2.11. The fourth-order valence-corrected chi connectivity index (χ4v) is 1.46. The minimum atomic E-state index is -1.23. The molecule has 0 aromatic heterocycles. The molecule has 2 saturated heterocycles. The van der Waals surface area contributed by atoms with Crippen molar-refractivity contribution in [2.24, 2.45) is 0 Å². The maximum atomic E-state index is 9.28. The number of ether oxygens (including phenoxy) is 2. The van der Waals surface area contributed by atoms with Gasteiger partial charge in [0.1, 0.15) is 24.4 Å². The SMILES string of the molecule is O[C@@H]1[C@H]2OC[C@@H](O[C@H]1O)[C@@H]2O. The first-order chi connectivity index (χ1) is 5.20. The van der Waals surface area contributed by atoms with Crippen LogP contribution in [0.25, 0.3) is 0 Å². The monoisotopic (exact) mass is 162 g/mol. The van der Waals surface area contributed by atoms with Gasteiger partial charge in [0.15, 0.2) is 6.29 Å². The third-order valence-corrected chi connectivity index (χ3v) is 2.11. The van der Waals surface area contributed by atoms with Gasteiger partial charge in [0.25, 0.3) is 0 Å². The van der Waals surface area contributed by atoms with E-state index in [2.05, 4.69) is 0 Å². The second kappa shape index (κ2) is 2.40. The summed E-state index contributed by atoms with van der Waals surface area (Å²) in [6.45, 7) is 0.236. The van der Waals surface area contributed by atoms with E-state index in [9.17, 15) is 10.2 Å². The predicted molar refractivity (Wildman–Crippen MR) is 32.6 cm³/mol. The molecule has 0 unspecified atom stereocenters. The lowest BCUT2D eigenvalue weighted by atomic mass is 10.0. The number of fused-ring (bicyclic) bond motifs is 2. The van der Waals surface area contributed by atoms with E-state index >= 15 is 0 Å². The normalized spacial score (nSPS) is 56.5. The zero-order valence-corrected chi connectivity index (χ0v) is 5.75. The van der Waals surface area contributed by atoms with Crippen molar-refractivity contribution in [1.82, 2.24) is 0 Å². The Morgan fingerprint density at radius 2 is 1.82 bits per heavy atom. The second-order valence-corrected chi connectivity index (χ2v) is 2.84. The summed E-state index contributed by atoms with van der Waals surface area (Å²) in [5, 5.41) is 27.5. The fraction of sp³-hybridized carbons (Fsp3) is 1.00. The maximum absolute atomic E-state index is 9.28. The van der Waals surface area contributed by atoms with Crippen molar-refractivity contribution in [2.75, 3.05) is 6.61 Å². The van der Waals surface area contributed by atoms with Crippen LogP contribution < -0.4 is 0 Å². The van der Waals surface area contributed by atoms with Gasteiger partial charge in [-0.15, -0.1) is 0 Å². The van der Waals surface area contributed by atoms with E-state index in [0.717, 1.165) is 0 Å². The fourth-order valence-electron chi connectivity index (χ4n) is 1.46. The minimum absolute atomic E-state index is 0.236. The minimum Gasteiger partial charge on any atom is -0.387 e. The summed E-state index contributed by atoms with van der Waals surface area (Å²) in [7, 11) is 0. The van der Waals surface area contributed by atoms with Gasteiger partial charge >= 0.3 is 0 Å². The third kappa shape index (κ3) is 0.969. The Hall–Kier alpha value is -0.200. The lowest BCUT2D eigenvalue weighted by Crippen LogP contribution is -2.52. The Morgan fingerprint density at radius 3 is 2.55 bits per heavy atom. The molecule has 5 nitrogen and oxygen atoms in total. The molecule has 11 heavy (non-hydrogen) atoms. The highest BCUT2D eigenvalue weighted by atomic mass is 16.7. The smallest absolute Gasteiger partial charge is 0.184 e. The molecule has 0 amide bonds. The van der Waals surface area contributed by atoms with Gasteiger partial charge in [0, 0.05) is 0 Å². The van der Waals surface area contributed by atoms with Crippen LogP contribution in [0.1, 0.15) is 0 Å². The molecule has 2 aliphatic heterocycles. The molecule has 0 aromatic rings. The van der Waals surface area contributed by atoms with Gasteiger partial charge in [-0.05, 0) is 0 Å². The summed E-state index contributed by atoms with van der Waals surface area (Å²) >= 11 is 0. The molecule has 2 fully saturated rings. The summed E-state index contributed by atoms with van der Waals surface area (Å²) in [4.78, 5) is 0. The van der Waals surface area contributed by atoms with Gasteiger partial charge in [-0.25, -0.2) is 0 Å². The van der Waals surface area contributed by atoms with Gasteiger partial charge in [0.05, 0.1) is 6.61 Å². The van der Waals surface area contributed by atoms with Crippen LogP contribution in [0.15, 0.2) is 0 Å². The largest absolute Gasteiger partial charge is 0.387 e. The first kappa shape index (κ1) is 7.45. The molecule has 2 aliphatic rings. The van der Waals surface area contributed by atoms with Gasteiger partial charge in [0.2, 0.25) is 0 Å². The van der Waals surface area contributed by atoms with Crippen molar-refractivity contribution in [2.45, 2.75) is 30.7 Å². The number of hydrogen-bond donors (Lipinski definition) is 3. The van der Waals surface area contributed by atoms with Crippen LogP contribution in [-0.4, -0.2) is 52.6 Å². The molecular weight excluding hydrogens is 152 g/mol. The lowest BCUT2D eigenvalue weighted by Gasteiger charge is -2.31. The summed E-state index contributed by atoms with van der Waals surface area (Å²) in [5.74, 6) is 0. The molecule has 0 spiro atoms. The van der Waals surface area contributed by atoms with E-state index in [0.29, 0.717) is 0 Å². The molecule has 5 atom stereocenters. The first-order valence-corrected chi connectivity index (χ1v) is 3.51. The van der Waals surface area contributed by atoms with Crippen LogP contribution in [-0.2, 0) is 9.47 Å². The maximum Gasteiger partial charge on any atom is 0.184 e. The number of aliphatic hydroxyl groups is 3. The molecule has 64 valence electrons. The molecule has 0 saturated carbocycles. The zero-order chi connectivity index (χ0) is 8.01. The highest BCUT2D eigenvalue weighted by Crippen LogP contribution is 2.28. The van der Waals surface area contributed by atoms with Crippen molar-refractivity contribution in [3.8, 4) is 0 Å². The van der Waals surface area contributed by atoms with Gasteiger partial charge in [-0.3, -0.25) is 0 Å². The van der Waals surface area contributed by atoms with Gasteiger partial charge < -0.3 is 24.8 Å². The van der Waals surface area contributed by atoms with Crippen LogP contribution in [0.3, 0.4) is 0 Å². The molecular formula is C6H10O5. The molecule has 3 N–H and O–H groups in total. The van der Waals surface area contributed by atoms with E-state index in [1.54, 1.807) is 0 Å². The molecule has 2 heterocycles. The number of hydrogen-bond acceptors (Lipinski definition) is 5. The molecule has 2 bridgehead atoms. The lowest BCUT2D eigenvalue weighted by molar-refractivity contribution is -0.242. The Bertz CT molecular complexity index is 161. The Balaban J connectivity index is 2.16. The quantitative estimate of drug-likeness (QED) is 0.377. The van der Waals surface area contributed by atoms with E-state index in [-0.39, 0.29) is 6.61 Å². The summed E-state index contributed by atoms with van der Waals surface area (Å²) in [5.41, 5.74) is 0. The van der Waals surface area contributed by atoms with E-state index in [1.807, 2.05) is 0 Å². The standard InChI is InChI=1S/C6H10O5/c7-3-2-1-10-5(3)4(8)6(9)11-2/h2-9H,1H2/t2-,3+,4-,5+,6-/m1/s1. The Labute approximate surface area is 63.2 Å². The van der Waals surface area contributed by atoms with E-state index in [4.69, 9.17) is 14.6 Å². The van der Waals surface area contributed by atoms with Gasteiger partial charge in [-0.2, -0.15) is 0 Å².